The number of carbonyl (C=O) groups is 1. The molecule has 0 aliphatic rings. The second-order valence-electron chi connectivity index (χ2n) is 6.81. The van der Waals surface area contributed by atoms with Gasteiger partial charge in [-0.05, 0) is 55.8 Å². The molecule has 0 atom stereocenters. The van der Waals surface area contributed by atoms with E-state index >= 15 is 0 Å². The molecule has 0 aliphatic heterocycles. The lowest BCUT2D eigenvalue weighted by atomic mass is 10.1. The van der Waals surface area contributed by atoms with Crippen molar-refractivity contribution in [1.82, 2.24) is 14.7 Å². The molecule has 0 radical (unpaired) electrons. The molecular weight excluding hydrogens is 357 g/mol. The number of hydrogen-bond donors (Lipinski definition) is 0. The first-order valence-electron chi connectivity index (χ1n) is 9.07. The van der Waals surface area contributed by atoms with E-state index in [1.54, 1.807) is 35.9 Å². The van der Waals surface area contributed by atoms with Gasteiger partial charge in [-0.3, -0.25) is 4.79 Å². The third kappa shape index (κ3) is 4.22. The summed E-state index contributed by atoms with van der Waals surface area (Å²) in [6, 6.07) is 13.8. The van der Waals surface area contributed by atoms with E-state index in [0.29, 0.717) is 6.54 Å². The number of carbonyl (C=O) groups excluding carboxylic acids is 1. The first kappa shape index (κ1) is 19.6. The molecule has 2 aromatic carbocycles. The van der Waals surface area contributed by atoms with Crippen LogP contribution in [0.4, 0.5) is 4.39 Å². The molecule has 0 saturated heterocycles. The predicted molar refractivity (Wildman–Crippen MR) is 106 cm³/mol. The molecule has 1 heterocycles. The number of halogens is 1. The van der Waals surface area contributed by atoms with E-state index in [1.807, 2.05) is 38.1 Å². The Hall–Kier alpha value is -3.15. The molecular formula is C22H24FN3O2. The minimum absolute atomic E-state index is 0.0145. The van der Waals surface area contributed by atoms with Gasteiger partial charge in [0.15, 0.2) is 0 Å². The molecule has 3 aromatic rings. The Bertz CT molecular complexity index is 963. The summed E-state index contributed by atoms with van der Waals surface area (Å²) in [6.45, 7) is 4.33. The van der Waals surface area contributed by atoms with Crippen molar-refractivity contribution < 1.29 is 13.9 Å². The average molecular weight is 381 g/mol. The van der Waals surface area contributed by atoms with E-state index in [-0.39, 0.29) is 18.1 Å². The van der Waals surface area contributed by atoms with Gasteiger partial charge in [0.2, 0.25) is 5.91 Å². The summed E-state index contributed by atoms with van der Waals surface area (Å²) >= 11 is 0. The number of rotatable bonds is 6. The Labute approximate surface area is 164 Å². The molecule has 0 spiro atoms. The largest absolute Gasteiger partial charge is 0.497 e. The van der Waals surface area contributed by atoms with E-state index in [1.165, 1.54) is 12.1 Å². The number of aromatic nitrogens is 2. The van der Waals surface area contributed by atoms with E-state index in [4.69, 9.17) is 4.74 Å². The van der Waals surface area contributed by atoms with Gasteiger partial charge in [0.05, 0.1) is 24.9 Å². The maximum atomic E-state index is 13.2. The fourth-order valence-electron chi connectivity index (χ4n) is 3.14. The van der Waals surface area contributed by atoms with E-state index < -0.39 is 0 Å². The summed E-state index contributed by atoms with van der Waals surface area (Å²) in [5, 5.41) is 4.54. The molecule has 0 bridgehead atoms. The fourth-order valence-corrected chi connectivity index (χ4v) is 3.14. The van der Waals surface area contributed by atoms with Crippen LogP contribution in [0.3, 0.4) is 0 Å². The van der Waals surface area contributed by atoms with Crippen molar-refractivity contribution in [3.05, 3.63) is 76.9 Å². The van der Waals surface area contributed by atoms with Crippen LogP contribution in [0.25, 0.3) is 5.69 Å². The maximum Gasteiger partial charge on any atom is 0.227 e. The zero-order valence-corrected chi connectivity index (χ0v) is 16.6. The van der Waals surface area contributed by atoms with Crippen molar-refractivity contribution in [3.8, 4) is 11.4 Å². The molecule has 5 nitrogen and oxygen atoms in total. The Morgan fingerprint density at radius 2 is 1.75 bits per heavy atom. The summed E-state index contributed by atoms with van der Waals surface area (Å²) in [6.07, 6.45) is 0.269. The second kappa shape index (κ2) is 8.25. The molecule has 0 unspecified atom stereocenters. The Morgan fingerprint density at radius 3 is 2.36 bits per heavy atom. The number of nitrogens with zero attached hydrogens (tertiary/aromatic N) is 3. The van der Waals surface area contributed by atoms with Gasteiger partial charge in [0, 0.05) is 24.8 Å². The second-order valence-corrected chi connectivity index (χ2v) is 6.81. The Kier molecular flexibility index (Phi) is 5.78. The van der Waals surface area contributed by atoms with Crippen LogP contribution < -0.4 is 4.74 Å². The van der Waals surface area contributed by atoms with Crippen LogP contribution in [0.15, 0.2) is 48.5 Å². The molecule has 6 heteroatoms. The van der Waals surface area contributed by atoms with Gasteiger partial charge in [0.1, 0.15) is 11.6 Å². The number of benzene rings is 2. The van der Waals surface area contributed by atoms with Gasteiger partial charge in [-0.15, -0.1) is 0 Å². The van der Waals surface area contributed by atoms with E-state index in [2.05, 4.69) is 5.10 Å². The minimum atomic E-state index is -0.291. The zero-order chi connectivity index (χ0) is 20.3. The number of amides is 1. The number of methoxy groups -OCH3 is 1. The van der Waals surface area contributed by atoms with Crippen molar-refractivity contribution in [2.75, 3.05) is 14.2 Å². The van der Waals surface area contributed by atoms with Gasteiger partial charge in [0.25, 0.3) is 0 Å². The average Bonchev–Trinajstić information content (AvgIpc) is 2.97. The third-order valence-electron chi connectivity index (χ3n) is 4.84. The molecule has 1 aromatic heterocycles. The smallest absolute Gasteiger partial charge is 0.227 e. The number of aryl methyl sites for hydroxylation is 1. The van der Waals surface area contributed by atoms with Crippen LogP contribution in [-0.4, -0.2) is 34.7 Å². The van der Waals surface area contributed by atoms with E-state index in [0.717, 1.165) is 34.0 Å². The van der Waals surface area contributed by atoms with Gasteiger partial charge in [-0.2, -0.15) is 5.10 Å². The molecule has 3 rings (SSSR count). The highest BCUT2D eigenvalue weighted by Crippen LogP contribution is 2.20. The topological polar surface area (TPSA) is 47.4 Å². The van der Waals surface area contributed by atoms with Crippen LogP contribution in [-0.2, 0) is 17.8 Å². The summed E-state index contributed by atoms with van der Waals surface area (Å²) < 4.78 is 20.1. The molecule has 0 saturated carbocycles. The maximum absolute atomic E-state index is 13.2. The van der Waals surface area contributed by atoms with E-state index in [9.17, 15) is 9.18 Å². The molecule has 0 N–H and O–H groups in total. The summed E-state index contributed by atoms with van der Waals surface area (Å²) in [5.74, 6) is 0.513. The van der Waals surface area contributed by atoms with Crippen molar-refractivity contribution in [2.24, 2.45) is 0 Å². The summed E-state index contributed by atoms with van der Waals surface area (Å²) in [5.41, 5.74) is 4.39. The Balaban J connectivity index is 1.73. The van der Waals surface area contributed by atoms with Crippen LogP contribution in [0.2, 0.25) is 0 Å². The quantitative estimate of drug-likeness (QED) is 0.652. The first-order chi connectivity index (χ1) is 13.4. The first-order valence-corrected chi connectivity index (χ1v) is 9.07. The third-order valence-corrected chi connectivity index (χ3v) is 4.84. The highest BCUT2D eigenvalue weighted by Gasteiger charge is 2.18. The Morgan fingerprint density at radius 1 is 1.11 bits per heavy atom. The molecule has 1 amide bonds. The molecule has 0 fully saturated rings. The fraction of sp³-hybridized carbons (Fsp3) is 0.273. The number of hydrogen-bond acceptors (Lipinski definition) is 3. The van der Waals surface area contributed by atoms with Crippen LogP contribution in [0.5, 0.6) is 5.75 Å². The predicted octanol–water partition coefficient (Wildman–Crippen LogP) is 3.84. The summed E-state index contributed by atoms with van der Waals surface area (Å²) in [7, 11) is 3.42. The standard InChI is InChI=1S/C22H24FN3O2/c1-15-21(16(2)26(24-15)19-9-7-18(23)8-10-19)13-22(27)25(3)14-17-5-11-20(28-4)12-6-17/h5-12H,13-14H2,1-4H3. The van der Waals surface area contributed by atoms with Crippen molar-refractivity contribution in [3.63, 3.8) is 0 Å². The SMILES string of the molecule is COc1ccc(CN(C)C(=O)Cc2c(C)nn(-c3ccc(F)cc3)c2C)cc1. The van der Waals surface area contributed by atoms with Gasteiger partial charge >= 0.3 is 0 Å². The highest BCUT2D eigenvalue weighted by molar-refractivity contribution is 5.79. The number of ether oxygens (including phenoxy) is 1. The molecule has 0 aliphatic carbocycles. The van der Waals surface area contributed by atoms with Crippen molar-refractivity contribution >= 4 is 5.91 Å². The monoisotopic (exact) mass is 381 g/mol. The van der Waals surface area contributed by atoms with Gasteiger partial charge in [-0.25, -0.2) is 9.07 Å². The van der Waals surface area contributed by atoms with Crippen LogP contribution in [0, 0.1) is 19.7 Å². The highest BCUT2D eigenvalue weighted by atomic mass is 19.1. The minimum Gasteiger partial charge on any atom is -0.497 e. The van der Waals surface area contributed by atoms with Gasteiger partial charge < -0.3 is 9.64 Å². The summed E-state index contributed by atoms with van der Waals surface area (Å²) in [4.78, 5) is 14.5. The normalized spacial score (nSPS) is 10.8. The van der Waals surface area contributed by atoms with Crippen LogP contribution in [0.1, 0.15) is 22.5 Å². The lowest BCUT2D eigenvalue weighted by molar-refractivity contribution is -0.129. The van der Waals surface area contributed by atoms with Crippen molar-refractivity contribution in [2.45, 2.75) is 26.8 Å². The van der Waals surface area contributed by atoms with Crippen molar-refractivity contribution in [1.29, 1.82) is 0 Å². The lowest BCUT2D eigenvalue weighted by Gasteiger charge is -2.18. The molecule has 28 heavy (non-hydrogen) atoms. The van der Waals surface area contributed by atoms with Crippen LogP contribution >= 0.6 is 0 Å². The van der Waals surface area contributed by atoms with Gasteiger partial charge in [-0.1, -0.05) is 12.1 Å². The number of likely N-dealkylation sites (N-methyl/N-ethyl adjacent to an activating group) is 1. The molecule has 146 valence electrons. The zero-order valence-electron chi connectivity index (χ0n) is 16.6. The lowest BCUT2D eigenvalue weighted by Crippen LogP contribution is -2.28.